The topological polar surface area (TPSA) is 117 Å². The second-order valence-electron chi connectivity index (χ2n) is 25.4. The Labute approximate surface area is 487 Å². The molecule has 1 rings (SSSR count). The minimum absolute atomic E-state index is 0.341. The molecule has 1 aliphatic rings. The predicted molar refractivity (Wildman–Crippen MR) is 339 cm³/mol. The molecule has 10 heteroatoms. The maximum atomic E-state index is 11.5. The first-order valence-electron chi connectivity index (χ1n) is 35.2. The molecule has 0 radical (unpaired) electrons. The summed E-state index contributed by atoms with van der Waals surface area (Å²) in [4.78, 5) is 12.4. The number of rotatable bonds is 62. The molecule has 1 heterocycles. The van der Waals surface area contributed by atoms with E-state index in [2.05, 4.69) is 59.1 Å². The average Bonchev–Trinajstić information content (AvgIpc) is 3.42. The first-order chi connectivity index (χ1) is 38.1. The standard InChI is InChI=1S/C68H141N5O5/c1-6-11-16-21-26-30-35-40-44-64(74)59-71(56-58-73(62-67(77)47-42-37-32-28-23-18-13-8-3)63-68(78)48-43-38-33-29-24-19-14-9-4)55-53-69-49-51-70(52-50-69)54-57-72(60-65(75)45-39-34-25-20-15-10-5)61-66(76)46-41-36-31-27-22-17-12-7-2/h64-68,74-78H,6-63H2,1-5H3. The molecule has 0 saturated carbocycles. The van der Waals surface area contributed by atoms with E-state index in [0.29, 0.717) is 32.7 Å². The van der Waals surface area contributed by atoms with Gasteiger partial charge in [0.15, 0.2) is 0 Å². The summed E-state index contributed by atoms with van der Waals surface area (Å²) in [6, 6.07) is 0. The van der Waals surface area contributed by atoms with E-state index in [4.69, 9.17) is 0 Å². The van der Waals surface area contributed by atoms with E-state index < -0.39 is 0 Å². The Morgan fingerprint density at radius 3 is 0.667 bits per heavy atom. The Morgan fingerprint density at radius 2 is 0.423 bits per heavy atom. The van der Waals surface area contributed by atoms with E-state index in [0.717, 1.165) is 130 Å². The van der Waals surface area contributed by atoms with E-state index in [-0.39, 0.29) is 30.5 Å². The van der Waals surface area contributed by atoms with Crippen LogP contribution in [0.1, 0.15) is 311 Å². The molecule has 5 atom stereocenters. The summed E-state index contributed by atoms with van der Waals surface area (Å²) in [5.41, 5.74) is 0. The Hall–Kier alpha value is -0.400. The zero-order valence-corrected chi connectivity index (χ0v) is 53.4. The van der Waals surface area contributed by atoms with Crippen molar-refractivity contribution in [2.24, 2.45) is 0 Å². The van der Waals surface area contributed by atoms with Crippen LogP contribution in [0.4, 0.5) is 0 Å². The largest absolute Gasteiger partial charge is 0.392 e. The minimum Gasteiger partial charge on any atom is -0.392 e. The van der Waals surface area contributed by atoms with Crippen LogP contribution in [0, 0.1) is 0 Å². The van der Waals surface area contributed by atoms with E-state index in [1.54, 1.807) is 0 Å². The van der Waals surface area contributed by atoms with Crippen molar-refractivity contribution in [3.05, 3.63) is 0 Å². The van der Waals surface area contributed by atoms with Crippen LogP contribution in [0.2, 0.25) is 0 Å². The monoisotopic (exact) mass is 1110 g/mol. The van der Waals surface area contributed by atoms with Gasteiger partial charge >= 0.3 is 0 Å². The van der Waals surface area contributed by atoms with Gasteiger partial charge in [0.05, 0.1) is 30.5 Å². The van der Waals surface area contributed by atoms with E-state index in [1.165, 1.54) is 212 Å². The van der Waals surface area contributed by atoms with E-state index in [1.807, 2.05) is 0 Å². The first kappa shape index (κ1) is 75.6. The molecule has 0 spiro atoms. The molecule has 10 nitrogen and oxygen atoms in total. The number of unbranched alkanes of at least 4 members (excludes halogenated alkanes) is 33. The lowest BCUT2D eigenvalue weighted by molar-refractivity contribution is 0.0419. The van der Waals surface area contributed by atoms with Gasteiger partial charge in [0.25, 0.3) is 0 Å². The third kappa shape index (κ3) is 49.1. The van der Waals surface area contributed by atoms with Crippen LogP contribution < -0.4 is 0 Å². The van der Waals surface area contributed by atoms with Crippen molar-refractivity contribution in [2.75, 3.05) is 98.2 Å². The summed E-state index contributed by atoms with van der Waals surface area (Å²) < 4.78 is 0. The lowest BCUT2D eigenvalue weighted by Crippen LogP contribution is -2.51. The fourth-order valence-electron chi connectivity index (χ4n) is 12.1. The summed E-state index contributed by atoms with van der Waals surface area (Å²) in [6.07, 6.45) is 50.4. The van der Waals surface area contributed by atoms with Crippen molar-refractivity contribution in [3.63, 3.8) is 0 Å². The highest BCUT2D eigenvalue weighted by atomic mass is 16.3. The van der Waals surface area contributed by atoms with Gasteiger partial charge in [-0.15, -0.1) is 0 Å². The number of nitrogens with zero attached hydrogens (tertiary/aromatic N) is 5. The lowest BCUT2D eigenvalue weighted by atomic mass is 10.0. The summed E-state index contributed by atoms with van der Waals surface area (Å²) in [7, 11) is 0. The van der Waals surface area contributed by atoms with Gasteiger partial charge in [0, 0.05) is 98.2 Å². The zero-order chi connectivity index (χ0) is 56.8. The smallest absolute Gasteiger partial charge is 0.0667 e. The Morgan fingerprint density at radius 1 is 0.244 bits per heavy atom. The zero-order valence-electron chi connectivity index (χ0n) is 53.4. The van der Waals surface area contributed by atoms with Gasteiger partial charge in [-0.2, -0.15) is 0 Å². The van der Waals surface area contributed by atoms with Crippen LogP contribution in [-0.2, 0) is 0 Å². The highest BCUT2D eigenvalue weighted by molar-refractivity contribution is 4.79. The van der Waals surface area contributed by atoms with Gasteiger partial charge in [0.1, 0.15) is 0 Å². The van der Waals surface area contributed by atoms with Gasteiger partial charge in [-0.1, -0.05) is 279 Å². The Balaban J connectivity index is 2.94. The molecule has 1 aliphatic heterocycles. The molecule has 0 aromatic heterocycles. The molecule has 0 bridgehead atoms. The second kappa shape index (κ2) is 57.1. The van der Waals surface area contributed by atoms with Crippen molar-refractivity contribution in [2.45, 2.75) is 341 Å². The molecule has 0 aromatic carbocycles. The lowest BCUT2D eigenvalue weighted by Gasteiger charge is -2.37. The van der Waals surface area contributed by atoms with Crippen LogP contribution in [-0.4, -0.2) is 179 Å². The average molecular weight is 1110 g/mol. The predicted octanol–water partition coefficient (Wildman–Crippen LogP) is 15.2. The van der Waals surface area contributed by atoms with Crippen LogP contribution in [0.5, 0.6) is 0 Å². The fourth-order valence-corrected chi connectivity index (χ4v) is 12.1. The van der Waals surface area contributed by atoms with Crippen molar-refractivity contribution < 1.29 is 25.5 Å². The molecule has 0 amide bonds. The second-order valence-corrected chi connectivity index (χ2v) is 25.4. The summed E-state index contributed by atoms with van der Waals surface area (Å²) in [5.74, 6) is 0. The van der Waals surface area contributed by atoms with E-state index in [9.17, 15) is 25.5 Å². The summed E-state index contributed by atoms with van der Waals surface area (Å²) >= 11 is 0. The molecule has 1 fully saturated rings. The molecule has 0 aromatic rings. The number of hydrogen-bond donors (Lipinski definition) is 5. The van der Waals surface area contributed by atoms with Gasteiger partial charge in [-0.25, -0.2) is 0 Å². The van der Waals surface area contributed by atoms with Crippen LogP contribution >= 0.6 is 0 Å². The molecule has 1 saturated heterocycles. The van der Waals surface area contributed by atoms with E-state index >= 15 is 0 Å². The first-order valence-corrected chi connectivity index (χ1v) is 35.2. The van der Waals surface area contributed by atoms with Crippen molar-refractivity contribution in [1.82, 2.24) is 24.5 Å². The normalized spacial score (nSPS) is 15.8. The SMILES string of the molecule is CCCCCCCCCCC(O)CN(CCN1CCN(CCN(CC(O)CCCCCCCC)CC(O)CCCCCCCCCC)CC1)CCN(CC(O)CCCCCCCCCC)CC(O)CCCCCCCCCC. The van der Waals surface area contributed by atoms with Gasteiger partial charge in [0.2, 0.25) is 0 Å². The minimum atomic E-state index is -0.384. The molecular formula is C68H141N5O5. The summed E-state index contributed by atoms with van der Waals surface area (Å²) in [5, 5.41) is 56.8. The number of hydrogen-bond acceptors (Lipinski definition) is 10. The molecule has 5 unspecified atom stereocenters. The van der Waals surface area contributed by atoms with Crippen molar-refractivity contribution in [1.29, 1.82) is 0 Å². The number of piperazine rings is 1. The maximum Gasteiger partial charge on any atom is 0.0667 e. The highest BCUT2D eigenvalue weighted by Crippen LogP contribution is 2.18. The Kier molecular flexibility index (Phi) is 55.3. The van der Waals surface area contributed by atoms with Crippen molar-refractivity contribution >= 4 is 0 Å². The van der Waals surface area contributed by atoms with Crippen LogP contribution in [0.25, 0.3) is 0 Å². The number of aliphatic hydroxyl groups excluding tert-OH is 5. The molecular weight excluding hydrogens is 967 g/mol. The molecule has 0 aliphatic carbocycles. The van der Waals surface area contributed by atoms with Crippen LogP contribution in [0.3, 0.4) is 0 Å². The molecule has 78 heavy (non-hydrogen) atoms. The Bertz CT molecular complexity index is 1150. The van der Waals surface area contributed by atoms with Crippen LogP contribution in [0.15, 0.2) is 0 Å². The fraction of sp³-hybridized carbons (Fsp3) is 1.00. The number of aliphatic hydroxyl groups is 5. The maximum absolute atomic E-state index is 11.5. The molecule has 5 N–H and O–H groups in total. The van der Waals surface area contributed by atoms with Gasteiger partial charge < -0.3 is 25.5 Å². The quantitative estimate of drug-likeness (QED) is 0.0377. The highest BCUT2D eigenvalue weighted by Gasteiger charge is 2.23. The third-order valence-corrected chi connectivity index (χ3v) is 17.5. The summed E-state index contributed by atoms with van der Waals surface area (Å²) in [6.45, 7) is 24.0. The molecule has 468 valence electrons. The van der Waals surface area contributed by atoms with Gasteiger partial charge in [-0.05, 0) is 32.1 Å². The van der Waals surface area contributed by atoms with Gasteiger partial charge in [-0.3, -0.25) is 24.5 Å². The van der Waals surface area contributed by atoms with Crippen molar-refractivity contribution in [3.8, 4) is 0 Å². The third-order valence-electron chi connectivity index (χ3n) is 17.5.